The van der Waals surface area contributed by atoms with Crippen LogP contribution in [0.3, 0.4) is 0 Å². The van der Waals surface area contributed by atoms with Crippen molar-refractivity contribution in [2.75, 3.05) is 20.0 Å². The monoisotopic (exact) mass is 298 g/mol. The highest BCUT2D eigenvalue weighted by atomic mass is 32.2. The van der Waals surface area contributed by atoms with Crippen LogP contribution in [-0.2, 0) is 15.3 Å². The summed E-state index contributed by atoms with van der Waals surface area (Å²) in [6.07, 6.45) is 2.57. The molecular weight excluding hydrogens is 279 g/mol. The lowest BCUT2D eigenvalue weighted by molar-refractivity contribution is -0.141. The van der Waals surface area contributed by atoms with Gasteiger partial charge in [0.25, 0.3) is 0 Å². The van der Waals surface area contributed by atoms with Crippen molar-refractivity contribution in [2.45, 2.75) is 25.0 Å². The van der Waals surface area contributed by atoms with Gasteiger partial charge in [0, 0.05) is 11.3 Å². The molecule has 3 nitrogen and oxygen atoms in total. The zero-order valence-corrected chi connectivity index (χ0v) is 12.6. The highest BCUT2D eigenvalue weighted by Crippen LogP contribution is 2.51. The van der Waals surface area contributed by atoms with Crippen molar-refractivity contribution in [1.82, 2.24) is 0 Å². The number of ether oxygens (including phenoxy) is 2. The third-order valence-corrected chi connectivity index (χ3v) is 4.96. The number of rotatable bonds is 7. The molecule has 0 N–H and O–H groups in total. The summed E-state index contributed by atoms with van der Waals surface area (Å²) in [5, 5.41) is 0. The second kappa shape index (κ2) is 6.48. The number of hydrogen-bond acceptors (Lipinski definition) is 4. The fourth-order valence-corrected chi connectivity index (χ4v) is 3.50. The predicted molar refractivity (Wildman–Crippen MR) is 77.4 cm³/mol. The zero-order valence-electron chi connectivity index (χ0n) is 11.8. The van der Waals surface area contributed by atoms with Gasteiger partial charge in [-0.15, -0.1) is 0 Å². The van der Waals surface area contributed by atoms with E-state index in [9.17, 15) is 9.18 Å². The third kappa shape index (κ3) is 3.66. The van der Waals surface area contributed by atoms with Crippen molar-refractivity contribution in [1.29, 1.82) is 0 Å². The van der Waals surface area contributed by atoms with Crippen LogP contribution in [-0.4, -0.2) is 25.9 Å². The number of carbonyl (C=O) groups excluding carboxylic acids is 1. The molecule has 20 heavy (non-hydrogen) atoms. The molecule has 2 rings (SSSR count). The number of thioether (sulfide) groups is 1. The van der Waals surface area contributed by atoms with Gasteiger partial charge in [-0.25, -0.2) is 4.39 Å². The van der Waals surface area contributed by atoms with Crippen molar-refractivity contribution in [3.63, 3.8) is 0 Å². The standard InChI is InChI=1S/C15H19FO3S/c1-18-12-5-3-4-11(14(12)16)9-20-10-15(6-7-15)8-13(17)19-2/h3-5H,6-10H2,1-2H3. The SMILES string of the molecule is COC(=O)CC1(CSCc2cccc(OC)c2F)CC1. The lowest BCUT2D eigenvalue weighted by Gasteiger charge is -2.13. The Kier molecular flexibility index (Phi) is 4.91. The molecule has 0 bridgehead atoms. The van der Waals surface area contributed by atoms with Crippen molar-refractivity contribution < 1.29 is 18.7 Å². The van der Waals surface area contributed by atoms with Gasteiger partial charge >= 0.3 is 5.97 Å². The maximum absolute atomic E-state index is 14.0. The lowest BCUT2D eigenvalue weighted by atomic mass is 10.1. The van der Waals surface area contributed by atoms with Crippen molar-refractivity contribution in [3.8, 4) is 5.75 Å². The van der Waals surface area contributed by atoms with Gasteiger partial charge < -0.3 is 9.47 Å². The highest BCUT2D eigenvalue weighted by molar-refractivity contribution is 7.98. The first-order valence-electron chi connectivity index (χ1n) is 6.56. The van der Waals surface area contributed by atoms with E-state index in [0.29, 0.717) is 17.7 Å². The van der Waals surface area contributed by atoms with E-state index in [4.69, 9.17) is 9.47 Å². The second-order valence-electron chi connectivity index (χ2n) is 5.18. The highest BCUT2D eigenvalue weighted by Gasteiger charge is 2.44. The molecule has 0 aromatic heterocycles. The van der Waals surface area contributed by atoms with Gasteiger partial charge in [0.15, 0.2) is 11.6 Å². The first kappa shape index (κ1) is 15.2. The van der Waals surface area contributed by atoms with Crippen molar-refractivity contribution >= 4 is 17.7 Å². The minimum atomic E-state index is -0.291. The minimum Gasteiger partial charge on any atom is -0.494 e. The summed E-state index contributed by atoms with van der Waals surface area (Å²) < 4.78 is 23.6. The largest absolute Gasteiger partial charge is 0.494 e. The molecule has 0 aliphatic heterocycles. The predicted octanol–water partition coefficient (Wildman–Crippen LogP) is 3.41. The molecule has 0 amide bonds. The Hall–Kier alpha value is -1.23. The Bertz CT molecular complexity index is 486. The summed E-state index contributed by atoms with van der Waals surface area (Å²) in [4.78, 5) is 11.3. The van der Waals surface area contributed by atoms with Gasteiger partial charge in [-0.1, -0.05) is 12.1 Å². The van der Waals surface area contributed by atoms with E-state index in [0.717, 1.165) is 18.6 Å². The van der Waals surface area contributed by atoms with E-state index in [-0.39, 0.29) is 23.0 Å². The molecule has 1 saturated carbocycles. The van der Waals surface area contributed by atoms with Gasteiger partial charge in [-0.05, 0) is 30.1 Å². The first-order valence-corrected chi connectivity index (χ1v) is 7.72. The Morgan fingerprint density at radius 3 is 2.75 bits per heavy atom. The quantitative estimate of drug-likeness (QED) is 0.723. The number of esters is 1. The van der Waals surface area contributed by atoms with Crippen LogP contribution in [0.25, 0.3) is 0 Å². The number of benzene rings is 1. The van der Waals surface area contributed by atoms with E-state index >= 15 is 0 Å². The fourth-order valence-electron chi connectivity index (χ4n) is 2.13. The Morgan fingerprint density at radius 2 is 2.15 bits per heavy atom. The molecule has 5 heteroatoms. The molecule has 1 aromatic carbocycles. The maximum Gasteiger partial charge on any atom is 0.306 e. The molecule has 1 aliphatic rings. The van der Waals surface area contributed by atoms with E-state index in [2.05, 4.69) is 0 Å². The number of halogens is 1. The van der Waals surface area contributed by atoms with E-state index in [1.165, 1.54) is 14.2 Å². The Labute approximate surface area is 122 Å². The molecular formula is C15H19FO3S. The van der Waals surface area contributed by atoms with Crippen LogP contribution in [0.15, 0.2) is 18.2 Å². The molecule has 1 fully saturated rings. The number of hydrogen-bond donors (Lipinski definition) is 0. The normalized spacial score (nSPS) is 15.8. The molecule has 0 spiro atoms. The fraction of sp³-hybridized carbons (Fsp3) is 0.533. The topological polar surface area (TPSA) is 35.5 Å². The molecule has 0 heterocycles. The Balaban J connectivity index is 1.86. The van der Waals surface area contributed by atoms with Crippen LogP contribution in [0.5, 0.6) is 5.75 Å². The lowest BCUT2D eigenvalue weighted by Crippen LogP contribution is -2.13. The van der Waals surface area contributed by atoms with E-state index in [1.54, 1.807) is 30.0 Å². The summed E-state index contributed by atoms with van der Waals surface area (Å²) in [5.41, 5.74) is 0.718. The van der Waals surface area contributed by atoms with Crippen LogP contribution < -0.4 is 4.74 Å². The summed E-state index contributed by atoms with van der Waals surface area (Å²) in [6.45, 7) is 0. The van der Waals surface area contributed by atoms with Gasteiger partial charge in [0.05, 0.1) is 20.6 Å². The summed E-state index contributed by atoms with van der Waals surface area (Å²) in [5.74, 6) is 1.28. The van der Waals surface area contributed by atoms with Gasteiger partial charge in [0.2, 0.25) is 0 Å². The molecule has 1 aromatic rings. The molecule has 1 aliphatic carbocycles. The molecule has 0 atom stereocenters. The van der Waals surface area contributed by atoms with E-state index < -0.39 is 0 Å². The number of carbonyl (C=O) groups is 1. The van der Waals surface area contributed by atoms with Gasteiger partial charge in [-0.2, -0.15) is 11.8 Å². The molecule has 110 valence electrons. The van der Waals surface area contributed by atoms with Crippen LogP contribution in [0.1, 0.15) is 24.8 Å². The summed E-state index contributed by atoms with van der Waals surface area (Å²) in [7, 11) is 2.88. The van der Waals surface area contributed by atoms with Crippen LogP contribution in [0, 0.1) is 11.2 Å². The van der Waals surface area contributed by atoms with Crippen LogP contribution in [0.4, 0.5) is 4.39 Å². The zero-order chi connectivity index (χ0) is 14.6. The van der Waals surface area contributed by atoms with Crippen LogP contribution in [0.2, 0.25) is 0 Å². The maximum atomic E-state index is 14.0. The average Bonchev–Trinajstić information content (AvgIpc) is 3.20. The van der Waals surface area contributed by atoms with Crippen molar-refractivity contribution in [3.05, 3.63) is 29.6 Å². The van der Waals surface area contributed by atoms with Crippen molar-refractivity contribution in [2.24, 2.45) is 5.41 Å². The number of methoxy groups -OCH3 is 2. The summed E-state index contributed by atoms with van der Waals surface area (Å²) in [6, 6.07) is 5.17. The average molecular weight is 298 g/mol. The second-order valence-corrected chi connectivity index (χ2v) is 6.16. The smallest absolute Gasteiger partial charge is 0.306 e. The summed E-state index contributed by atoms with van der Waals surface area (Å²) >= 11 is 1.66. The Morgan fingerprint density at radius 1 is 1.40 bits per heavy atom. The minimum absolute atomic E-state index is 0.0765. The van der Waals surface area contributed by atoms with Gasteiger partial charge in [0.1, 0.15) is 0 Å². The molecule has 0 unspecified atom stereocenters. The van der Waals surface area contributed by atoms with Crippen LogP contribution >= 0.6 is 11.8 Å². The van der Waals surface area contributed by atoms with E-state index in [1.807, 2.05) is 0 Å². The third-order valence-electron chi connectivity index (χ3n) is 3.63. The first-order chi connectivity index (χ1) is 9.60. The van der Waals surface area contributed by atoms with Gasteiger partial charge in [-0.3, -0.25) is 4.79 Å². The molecule has 0 radical (unpaired) electrons. The molecule has 0 saturated heterocycles.